The first-order chi connectivity index (χ1) is 8.88. The molecule has 0 aromatic heterocycles. The summed E-state index contributed by atoms with van der Waals surface area (Å²) in [6.07, 6.45) is 0. The predicted octanol–water partition coefficient (Wildman–Crippen LogP) is 4.93. The largest absolute Gasteiger partial charge is 0.455 e. The molecule has 0 spiro atoms. The van der Waals surface area contributed by atoms with Gasteiger partial charge in [0.25, 0.3) is 9.05 Å². The number of halogens is 3. The van der Waals surface area contributed by atoms with E-state index >= 15 is 0 Å². The van der Waals surface area contributed by atoms with E-state index in [1.54, 1.807) is 12.1 Å². The van der Waals surface area contributed by atoms with Gasteiger partial charge < -0.3 is 4.74 Å². The number of rotatable bonds is 3. The fourth-order valence-corrected chi connectivity index (χ4v) is 3.12. The molecule has 0 aliphatic carbocycles. The van der Waals surface area contributed by atoms with Crippen LogP contribution in [0.3, 0.4) is 0 Å². The molecule has 2 aromatic rings. The van der Waals surface area contributed by atoms with Gasteiger partial charge >= 0.3 is 0 Å². The van der Waals surface area contributed by atoms with E-state index in [1.165, 1.54) is 12.1 Å². The second-order valence-electron chi connectivity index (χ2n) is 3.56. The van der Waals surface area contributed by atoms with Gasteiger partial charge in [-0.3, -0.25) is 0 Å². The SMILES string of the molecule is O=S(=O)(Cl)c1ccc(Oc2ccccc2Br)c(Br)c1. The Bertz CT molecular complexity index is 717. The monoisotopic (exact) mass is 424 g/mol. The van der Waals surface area contributed by atoms with E-state index in [-0.39, 0.29) is 4.90 Å². The average Bonchev–Trinajstić information content (AvgIpc) is 2.33. The zero-order valence-electron chi connectivity index (χ0n) is 9.31. The highest BCUT2D eigenvalue weighted by Crippen LogP contribution is 2.35. The van der Waals surface area contributed by atoms with Gasteiger partial charge in [-0.15, -0.1) is 0 Å². The van der Waals surface area contributed by atoms with Gasteiger partial charge in [0.05, 0.1) is 13.8 Å². The Hall–Kier alpha value is -0.560. The van der Waals surface area contributed by atoms with E-state index < -0.39 is 9.05 Å². The Morgan fingerprint density at radius 1 is 0.947 bits per heavy atom. The van der Waals surface area contributed by atoms with E-state index in [1.807, 2.05) is 18.2 Å². The van der Waals surface area contributed by atoms with Gasteiger partial charge in [0.1, 0.15) is 11.5 Å². The van der Waals surface area contributed by atoms with Crippen LogP contribution in [-0.2, 0) is 9.05 Å². The minimum absolute atomic E-state index is 0.0144. The van der Waals surface area contributed by atoms with Crippen LogP contribution in [0.4, 0.5) is 0 Å². The second-order valence-corrected chi connectivity index (χ2v) is 7.84. The van der Waals surface area contributed by atoms with Crippen molar-refractivity contribution in [2.45, 2.75) is 4.90 Å². The molecule has 100 valence electrons. The van der Waals surface area contributed by atoms with E-state index in [0.717, 1.165) is 4.47 Å². The lowest BCUT2D eigenvalue weighted by Gasteiger charge is -2.09. The molecule has 2 aromatic carbocycles. The smallest absolute Gasteiger partial charge is 0.261 e. The number of para-hydroxylation sites is 1. The highest BCUT2D eigenvalue weighted by atomic mass is 79.9. The third-order valence-corrected chi connectivity index (χ3v) is 4.87. The second kappa shape index (κ2) is 5.83. The third-order valence-electron chi connectivity index (χ3n) is 2.24. The van der Waals surface area contributed by atoms with Gasteiger partial charge in [0, 0.05) is 10.7 Å². The van der Waals surface area contributed by atoms with E-state index in [9.17, 15) is 8.42 Å². The molecule has 0 atom stereocenters. The van der Waals surface area contributed by atoms with Crippen molar-refractivity contribution >= 4 is 51.6 Å². The maximum atomic E-state index is 11.2. The molecule has 0 aliphatic rings. The molecule has 19 heavy (non-hydrogen) atoms. The summed E-state index contributed by atoms with van der Waals surface area (Å²) in [5.74, 6) is 1.13. The minimum Gasteiger partial charge on any atom is -0.455 e. The first kappa shape index (κ1) is 14.8. The van der Waals surface area contributed by atoms with E-state index in [4.69, 9.17) is 15.4 Å². The average molecular weight is 427 g/mol. The molecule has 0 aliphatic heterocycles. The van der Waals surface area contributed by atoms with Crippen molar-refractivity contribution in [3.05, 3.63) is 51.4 Å². The fraction of sp³-hybridized carbons (Fsp3) is 0. The summed E-state index contributed by atoms with van der Waals surface area (Å²) in [4.78, 5) is 0.0144. The maximum Gasteiger partial charge on any atom is 0.261 e. The lowest BCUT2D eigenvalue weighted by atomic mass is 10.3. The summed E-state index contributed by atoms with van der Waals surface area (Å²) >= 11 is 6.63. The summed E-state index contributed by atoms with van der Waals surface area (Å²) in [6.45, 7) is 0. The Labute approximate surface area is 132 Å². The lowest BCUT2D eigenvalue weighted by Crippen LogP contribution is -1.92. The number of hydrogen-bond donors (Lipinski definition) is 0. The highest BCUT2D eigenvalue weighted by molar-refractivity contribution is 9.11. The molecule has 0 fully saturated rings. The summed E-state index contributed by atoms with van der Waals surface area (Å²) in [7, 11) is 1.53. The summed E-state index contributed by atoms with van der Waals surface area (Å²) < 4.78 is 29.4. The van der Waals surface area contributed by atoms with E-state index in [2.05, 4.69) is 31.9 Å². The van der Waals surface area contributed by atoms with Gasteiger partial charge in [-0.25, -0.2) is 8.42 Å². The minimum atomic E-state index is -3.75. The van der Waals surface area contributed by atoms with Crippen LogP contribution in [0.5, 0.6) is 11.5 Å². The Balaban J connectivity index is 2.36. The van der Waals surface area contributed by atoms with Crippen LogP contribution < -0.4 is 4.74 Å². The van der Waals surface area contributed by atoms with Crippen LogP contribution in [0.2, 0.25) is 0 Å². The molecule has 2 rings (SSSR count). The van der Waals surface area contributed by atoms with Crippen LogP contribution in [0.25, 0.3) is 0 Å². The van der Waals surface area contributed by atoms with Crippen molar-refractivity contribution < 1.29 is 13.2 Å². The quantitative estimate of drug-likeness (QED) is 0.654. The van der Waals surface area contributed by atoms with Crippen molar-refractivity contribution in [2.24, 2.45) is 0 Å². The van der Waals surface area contributed by atoms with Crippen LogP contribution >= 0.6 is 42.5 Å². The molecule has 0 unspecified atom stereocenters. The molecular formula is C12H7Br2ClO3S. The molecule has 0 heterocycles. The zero-order chi connectivity index (χ0) is 14.0. The topological polar surface area (TPSA) is 43.4 Å². The van der Waals surface area contributed by atoms with E-state index in [0.29, 0.717) is 16.0 Å². The molecule has 0 radical (unpaired) electrons. The van der Waals surface area contributed by atoms with Gasteiger partial charge in [0.15, 0.2) is 0 Å². The normalized spacial score (nSPS) is 11.3. The molecule has 0 saturated carbocycles. The zero-order valence-corrected chi connectivity index (χ0v) is 14.1. The number of ether oxygens (including phenoxy) is 1. The van der Waals surface area contributed by atoms with Crippen molar-refractivity contribution in [3.8, 4) is 11.5 Å². The Kier molecular flexibility index (Phi) is 4.55. The molecule has 7 heteroatoms. The summed E-state index contributed by atoms with van der Waals surface area (Å²) in [5, 5.41) is 0. The van der Waals surface area contributed by atoms with Crippen LogP contribution in [-0.4, -0.2) is 8.42 Å². The molecule has 0 amide bonds. The number of hydrogen-bond acceptors (Lipinski definition) is 3. The molecule has 0 N–H and O–H groups in total. The van der Waals surface area contributed by atoms with Crippen molar-refractivity contribution in [3.63, 3.8) is 0 Å². The van der Waals surface area contributed by atoms with Crippen molar-refractivity contribution in [1.82, 2.24) is 0 Å². The number of benzene rings is 2. The van der Waals surface area contributed by atoms with Crippen molar-refractivity contribution in [2.75, 3.05) is 0 Å². The predicted molar refractivity (Wildman–Crippen MR) is 81.4 cm³/mol. The summed E-state index contributed by atoms with van der Waals surface area (Å²) in [6, 6.07) is 11.7. The standard InChI is InChI=1S/C12H7Br2ClO3S/c13-9-3-1-2-4-11(9)18-12-6-5-8(7-10(12)14)19(15,16)17/h1-7H. The Morgan fingerprint density at radius 3 is 2.16 bits per heavy atom. The van der Waals surface area contributed by atoms with Gasteiger partial charge in [0.2, 0.25) is 0 Å². The maximum absolute atomic E-state index is 11.2. The highest BCUT2D eigenvalue weighted by Gasteiger charge is 2.13. The molecule has 3 nitrogen and oxygen atoms in total. The molecule has 0 bridgehead atoms. The first-order valence-corrected chi connectivity index (χ1v) is 8.94. The van der Waals surface area contributed by atoms with Gasteiger partial charge in [-0.2, -0.15) is 0 Å². The molecular weight excluding hydrogens is 419 g/mol. The fourth-order valence-electron chi connectivity index (χ4n) is 1.36. The lowest BCUT2D eigenvalue weighted by molar-refractivity contribution is 0.476. The summed E-state index contributed by atoms with van der Waals surface area (Å²) in [5.41, 5.74) is 0. The third kappa shape index (κ3) is 3.72. The van der Waals surface area contributed by atoms with Crippen LogP contribution in [0.1, 0.15) is 0 Å². The van der Waals surface area contributed by atoms with Gasteiger partial charge in [-0.1, -0.05) is 12.1 Å². The van der Waals surface area contributed by atoms with Crippen LogP contribution in [0, 0.1) is 0 Å². The first-order valence-electron chi connectivity index (χ1n) is 5.04. The molecule has 0 saturated heterocycles. The Morgan fingerprint density at radius 2 is 1.58 bits per heavy atom. The van der Waals surface area contributed by atoms with Crippen molar-refractivity contribution in [1.29, 1.82) is 0 Å². The van der Waals surface area contributed by atoms with Gasteiger partial charge in [-0.05, 0) is 62.2 Å². The van der Waals surface area contributed by atoms with Crippen LogP contribution in [0.15, 0.2) is 56.3 Å².